The van der Waals surface area contributed by atoms with Crippen molar-refractivity contribution in [2.75, 3.05) is 0 Å². The van der Waals surface area contributed by atoms with Crippen LogP contribution in [0.25, 0.3) is 0 Å². The molecule has 0 saturated heterocycles. The predicted molar refractivity (Wildman–Crippen MR) is 110 cm³/mol. The molecular weight excluding hydrogens is 376 g/mol. The molecule has 0 radical (unpaired) electrons. The molecule has 0 aliphatic heterocycles. The van der Waals surface area contributed by atoms with Crippen molar-refractivity contribution in [2.45, 2.75) is 133 Å². The van der Waals surface area contributed by atoms with Gasteiger partial charge in [-0.05, 0) is 6.42 Å². The van der Waals surface area contributed by atoms with E-state index in [1.54, 1.807) is 0 Å². The Bertz CT molecular complexity index is 415. The molecule has 0 heterocycles. The number of aliphatic hydroxyl groups is 5. The quantitative estimate of drug-likeness (QED) is 0.204. The van der Waals surface area contributed by atoms with E-state index < -0.39 is 42.6 Å². The van der Waals surface area contributed by atoms with Crippen molar-refractivity contribution in [2.24, 2.45) is 0 Å². The van der Waals surface area contributed by atoms with Crippen LogP contribution in [0.15, 0.2) is 0 Å². The lowest BCUT2D eigenvalue weighted by atomic mass is 9.85. The maximum atomic E-state index is 11.9. The molecule has 0 bridgehead atoms. The van der Waals surface area contributed by atoms with Crippen LogP contribution in [0.3, 0.4) is 0 Å². The minimum atomic E-state index is -1.68. The van der Waals surface area contributed by atoms with Crippen LogP contribution >= 0.6 is 0 Å². The molecular formula is C22H42O7. The molecule has 29 heavy (non-hydrogen) atoms. The molecule has 0 aromatic carbocycles. The van der Waals surface area contributed by atoms with Gasteiger partial charge in [-0.3, -0.25) is 4.79 Å². The van der Waals surface area contributed by atoms with Crippen LogP contribution in [0.5, 0.6) is 0 Å². The van der Waals surface area contributed by atoms with Crippen molar-refractivity contribution in [3.63, 3.8) is 0 Å². The van der Waals surface area contributed by atoms with Crippen molar-refractivity contribution in [1.82, 2.24) is 0 Å². The van der Waals surface area contributed by atoms with E-state index >= 15 is 0 Å². The van der Waals surface area contributed by atoms with Crippen molar-refractivity contribution >= 4 is 5.97 Å². The molecule has 2 unspecified atom stereocenters. The Morgan fingerprint density at radius 2 is 0.931 bits per heavy atom. The highest BCUT2D eigenvalue weighted by molar-refractivity contribution is 5.69. The second-order valence-corrected chi connectivity index (χ2v) is 8.40. The first-order valence-corrected chi connectivity index (χ1v) is 11.5. The van der Waals surface area contributed by atoms with E-state index in [0.29, 0.717) is 6.42 Å². The Labute approximate surface area is 175 Å². The van der Waals surface area contributed by atoms with E-state index in [0.717, 1.165) is 19.3 Å². The third kappa shape index (κ3) is 9.75. The summed E-state index contributed by atoms with van der Waals surface area (Å²) < 4.78 is 5.04. The van der Waals surface area contributed by atoms with E-state index in [9.17, 15) is 30.3 Å². The van der Waals surface area contributed by atoms with Crippen LogP contribution in [0.1, 0.15) is 96.8 Å². The fraction of sp³-hybridized carbons (Fsp3) is 0.955. The smallest absolute Gasteiger partial charge is 0.306 e. The van der Waals surface area contributed by atoms with Crippen molar-refractivity contribution in [3.8, 4) is 0 Å². The summed E-state index contributed by atoms with van der Waals surface area (Å²) in [6.07, 6.45) is 5.99. The van der Waals surface area contributed by atoms with E-state index in [1.807, 2.05) is 0 Å². The molecule has 1 saturated carbocycles. The number of esters is 1. The van der Waals surface area contributed by atoms with Gasteiger partial charge in [0.2, 0.25) is 0 Å². The number of rotatable bonds is 15. The SMILES string of the molecule is CCCCCCCCCCCCCCCC(=O)OC1[C@@H](O)[C@H](O)C(O)[C@H](O)[C@@H]1O. The summed E-state index contributed by atoms with van der Waals surface area (Å²) in [4.78, 5) is 11.9. The fourth-order valence-corrected chi connectivity index (χ4v) is 3.83. The van der Waals surface area contributed by atoms with Crippen molar-refractivity contribution < 1.29 is 35.1 Å². The summed E-state index contributed by atoms with van der Waals surface area (Å²) in [6, 6.07) is 0. The molecule has 1 fully saturated rings. The molecule has 172 valence electrons. The van der Waals surface area contributed by atoms with Crippen LogP contribution in [-0.4, -0.2) is 68.1 Å². The third-order valence-corrected chi connectivity index (χ3v) is 5.82. The topological polar surface area (TPSA) is 127 Å². The number of aliphatic hydroxyl groups excluding tert-OH is 5. The lowest BCUT2D eigenvalue weighted by molar-refractivity contribution is -0.233. The zero-order chi connectivity index (χ0) is 21.6. The maximum Gasteiger partial charge on any atom is 0.306 e. The monoisotopic (exact) mass is 418 g/mol. The zero-order valence-electron chi connectivity index (χ0n) is 17.9. The van der Waals surface area contributed by atoms with Gasteiger partial charge in [0.15, 0.2) is 6.10 Å². The van der Waals surface area contributed by atoms with Gasteiger partial charge in [0.05, 0.1) is 0 Å². The normalized spacial score (nSPS) is 29.7. The van der Waals surface area contributed by atoms with Gasteiger partial charge in [-0.2, -0.15) is 0 Å². The molecule has 0 spiro atoms. The number of hydrogen-bond acceptors (Lipinski definition) is 7. The number of carbonyl (C=O) groups is 1. The van der Waals surface area contributed by atoms with E-state index in [1.165, 1.54) is 57.8 Å². The highest BCUT2D eigenvalue weighted by Crippen LogP contribution is 2.24. The van der Waals surface area contributed by atoms with E-state index in [2.05, 4.69) is 6.92 Å². The Kier molecular flexibility index (Phi) is 13.7. The average Bonchev–Trinajstić information content (AvgIpc) is 2.71. The fourth-order valence-electron chi connectivity index (χ4n) is 3.83. The molecule has 7 heteroatoms. The third-order valence-electron chi connectivity index (χ3n) is 5.82. The molecule has 0 aromatic rings. The minimum absolute atomic E-state index is 0.155. The Morgan fingerprint density at radius 1 is 0.586 bits per heavy atom. The summed E-state index contributed by atoms with van der Waals surface area (Å²) in [5.74, 6) is -0.591. The number of carbonyl (C=O) groups excluding carboxylic acids is 1. The first kappa shape index (κ1) is 26.3. The van der Waals surface area contributed by atoms with Crippen LogP contribution in [0, 0.1) is 0 Å². The zero-order valence-corrected chi connectivity index (χ0v) is 17.9. The summed E-state index contributed by atoms with van der Waals surface area (Å²) in [5.41, 5.74) is 0. The van der Waals surface area contributed by atoms with E-state index in [4.69, 9.17) is 4.74 Å². The van der Waals surface area contributed by atoms with Crippen molar-refractivity contribution in [3.05, 3.63) is 0 Å². The molecule has 0 amide bonds. The van der Waals surface area contributed by atoms with Gasteiger partial charge in [0.1, 0.15) is 30.5 Å². The molecule has 7 nitrogen and oxygen atoms in total. The summed E-state index contributed by atoms with van der Waals surface area (Å²) in [6.45, 7) is 2.23. The molecule has 1 aliphatic carbocycles. The second kappa shape index (κ2) is 15.1. The van der Waals surface area contributed by atoms with Gasteiger partial charge in [0, 0.05) is 6.42 Å². The first-order chi connectivity index (χ1) is 13.9. The largest absolute Gasteiger partial charge is 0.457 e. The lowest BCUT2D eigenvalue weighted by Crippen LogP contribution is -2.64. The summed E-state index contributed by atoms with van der Waals surface area (Å²) in [5, 5.41) is 48.6. The van der Waals surface area contributed by atoms with Gasteiger partial charge >= 0.3 is 5.97 Å². The Hall–Kier alpha value is -0.730. The Morgan fingerprint density at radius 3 is 1.34 bits per heavy atom. The number of unbranched alkanes of at least 4 members (excludes halogenated alkanes) is 12. The first-order valence-electron chi connectivity index (χ1n) is 11.5. The van der Waals surface area contributed by atoms with Crippen LogP contribution in [-0.2, 0) is 9.53 Å². The highest BCUT2D eigenvalue weighted by Gasteiger charge is 2.50. The summed E-state index contributed by atoms with van der Waals surface area (Å²) in [7, 11) is 0. The minimum Gasteiger partial charge on any atom is -0.457 e. The molecule has 6 atom stereocenters. The van der Waals surface area contributed by atoms with Gasteiger partial charge in [0.25, 0.3) is 0 Å². The molecule has 1 rings (SSSR count). The van der Waals surface area contributed by atoms with Gasteiger partial charge in [-0.25, -0.2) is 0 Å². The van der Waals surface area contributed by atoms with Crippen LogP contribution in [0.4, 0.5) is 0 Å². The second-order valence-electron chi connectivity index (χ2n) is 8.40. The predicted octanol–water partition coefficient (Wildman–Crippen LogP) is 2.20. The highest BCUT2D eigenvalue weighted by atomic mass is 16.6. The number of hydrogen-bond donors (Lipinski definition) is 5. The number of ether oxygens (including phenoxy) is 1. The molecule has 0 aromatic heterocycles. The van der Waals surface area contributed by atoms with Gasteiger partial charge in [-0.15, -0.1) is 0 Å². The maximum absolute atomic E-state index is 11.9. The van der Waals surface area contributed by atoms with Gasteiger partial charge < -0.3 is 30.3 Å². The van der Waals surface area contributed by atoms with Crippen LogP contribution in [0.2, 0.25) is 0 Å². The standard InChI is InChI=1S/C22H42O7/c1-2-3-4-5-6-7-8-9-10-11-12-13-14-15-16(23)29-22-20(27)18(25)17(24)19(26)21(22)28/h17-22,24-28H,2-15H2,1H3/t17?,18-,19+,20-,21-,22?/m0/s1. The van der Waals surface area contributed by atoms with Gasteiger partial charge in [-0.1, -0.05) is 84.0 Å². The van der Waals surface area contributed by atoms with E-state index in [-0.39, 0.29) is 6.42 Å². The average molecular weight is 419 g/mol. The lowest BCUT2D eigenvalue weighted by Gasteiger charge is -2.41. The molecule has 5 N–H and O–H groups in total. The van der Waals surface area contributed by atoms with Crippen LogP contribution < -0.4 is 0 Å². The molecule has 1 aliphatic rings. The van der Waals surface area contributed by atoms with Crippen molar-refractivity contribution in [1.29, 1.82) is 0 Å². The Balaban J connectivity index is 2.03. The summed E-state index contributed by atoms with van der Waals surface area (Å²) >= 11 is 0.